The smallest absolute Gasteiger partial charge is 0.367 e. The quantitative estimate of drug-likeness (QED) is 0.854. The van der Waals surface area contributed by atoms with Gasteiger partial charge in [-0.2, -0.15) is 13.2 Å². The second-order valence-electron chi connectivity index (χ2n) is 4.09. The molecule has 17 heavy (non-hydrogen) atoms. The summed E-state index contributed by atoms with van der Waals surface area (Å²) in [6.45, 7) is 4.37. The molecular weight excluding hydrogens is 233 g/mol. The number of halogens is 3. The van der Waals surface area contributed by atoms with E-state index in [9.17, 15) is 13.2 Å². The lowest BCUT2D eigenvalue weighted by atomic mass is 10.1. The van der Waals surface area contributed by atoms with Crippen LogP contribution in [0.15, 0.2) is 12.1 Å². The Bertz CT molecular complexity index is 348. The zero-order valence-electron chi connectivity index (χ0n) is 9.62. The predicted molar refractivity (Wildman–Crippen MR) is 58.3 cm³/mol. The van der Waals surface area contributed by atoms with Gasteiger partial charge in [0, 0.05) is 12.6 Å². The van der Waals surface area contributed by atoms with Crippen molar-refractivity contribution >= 4 is 5.82 Å². The molecule has 7 heteroatoms. The Kier molecular flexibility index (Phi) is 4.28. The van der Waals surface area contributed by atoms with E-state index in [0.717, 1.165) is 6.07 Å². The van der Waals surface area contributed by atoms with Gasteiger partial charge < -0.3 is 11.1 Å². The van der Waals surface area contributed by atoms with Crippen LogP contribution >= 0.6 is 0 Å². The van der Waals surface area contributed by atoms with E-state index in [1.165, 1.54) is 6.07 Å². The Hall–Kier alpha value is -1.37. The first-order valence-corrected chi connectivity index (χ1v) is 5.21. The summed E-state index contributed by atoms with van der Waals surface area (Å²) in [4.78, 5) is 0. The first-order valence-electron chi connectivity index (χ1n) is 5.21. The van der Waals surface area contributed by atoms with E-state index in [4.69, 9.17) is 5.73 Å². The highest BCUT2D eigenvalue weighted by atomic mass is 19.4. The van der Waals surface area contributed by atoms with Gasteiger partial charge in [0.2, 0.25) is 0 Å². The molecule has 1 unspecified atom stereocenters. The van der Waals surface area contributed by atoms with Gasteiger partial charge in [0.15, 0.2) is 5.69 Å². The van der Waals surface area contributed by atoms with E-state index in [2.05, 4.69) is 15.5 Å². The molecular formula is C10H15F3N4. The maximum Gasteiger partial charge on any atom is 0.435 e. The molecule has 0 aliphatic carbocycles. The summed E-state index contributed by atoms with van der Waals surface area (Å²) in [5, 5.41) is 9.37. The molecule has 0 fully saturated rings. The Morgan fingerprint density at radius 1 is 1.29 bits per heavy atom. The molecule has 96 valence electrons. The molecule has 0 saturated heterocycles. The molecule has 1 aromatic heterocycles. The Labute approximate surface area is 97.4 Å². The predicted octanol–water partition coefficient (Wildman–Crippen LogP) is 1.89. The van der Waals surface area contributed by atoms with Gasteiger partial charge in [0.1, 0.15) is 5.82 Å². The molecule has 0 aromatic carbocycles. The lowest BCUT2D eigenvalue weighted by molar-refractivity contribution is -0.141. The third-order valence-corrected chi connectivity index (χ3v) is 2.33. The number of nitrogens with one attached hydrogen (secondary N) is 1. The molecule has 0 amide bonds. The van der Waals surface area contributed by atoms with Crippen LogP contribution < -0.4 is 11.1 Å². The molecule has 1 atom stereocenters. The fraction of sp³-hybridized carbons (Fsp3) is 0.600. The topological polar surface area (TPSA) is 63.8 Å². The average molecular weight is 248 g/mol. The minimum Gasteiger partial charge on any atom is -0.367 e. The fourth-order valence-corrected chi connectivity index (χ4v) is 1.04. The summed E-state index contributed by atoms with van der Waals surface area (Å²) in [6.07, 6.45) is -4.46. The van der Waals surface area contributed by atoms with E-state index in [1.807, 2.05) is 13.8 Å². The summed E-state index contributed by atoms with van der Waals surface area (Å²) in [6, 6.07) is 2.04. The van der Waals surface area contributed by atoms with Gasteiger partial charge in [0.05, 0.1) is 0 Å². The molecule has 0 bridgehead atoms. The van der Waals surface area contributed by atoms with Crippen molar-refractivity contribution in [1.82, 2.24) is 10.2 Å². The van der Waals surface area contributed by atoms with Crippen molar-refractivity contribution in [2.75, 3.05) is 11.9 Å². The number of hydrogen-bond acceptors (Lipinski definition) is 4. The number of aromatic nitrogens is 2. The van der Waals surface area contributed by atoms with Crippen LogP contribution in [0.5, 0.6) is 0 Å². The van der Waals surface area contributed by atoms with E-state index in [0.29, 0.717) is 6.54 Å². The van der Waals surface area contributed by atoms with E-state index >= 15 is 0 Å². The summed E-state index contributed by atoms with van der Waals surface area (Å²) < 4.78 is 36.6. The fourth-order valence-electron chi connectivity index (χ4n) is 1.04. The first kappa shape index (κ1) is 13.7. The second kappa shape index (κ2) is 5.31. The van der Waals surface area contributed by atoms with Gasteiger partial charge in [-0.05, 0) is 18.1 Å². The molecule has 1 heterocycles. The van der Waals surface area contributed by atoms with Crippen molar-refractivity contribution in [2.24, 2.45) is 11.7 Å². The lowest BCUT2D eigenvalue weighted by Gasteiger charge is -2.16. The third-order valence-electron chi connectivity index (χ3n) is 2.33. The molecule has 1 rings (SSSR count). The van der Waals surface area contributed by atoms with Gasteiger partial charge in [-0.25, -0.2) is 0 Å². The van der Waals surface area contributed by atoms with Crippen LogP contribution in [0.1, 0.15) is 19.5 Å². The summed E-state index contributed by atoms with van der Waals surface area (Å²) in [7, 11) is 0. The zero-order valence-corrected chi connectivity index (χ0v) is 9.62. The van der Waals surface area contributed by atoms with Crippen molar-refractivity contribution in [3.05, 3.63) is 17.8 Å². The second-order valence-corrected chi connectivity index (χ2v) is 4.09. The number of alkyl halides is 3. The van der Waals surface area contributed by atoms with Gasteiger partial charge in [0.25, 0.3) is 0 Å². The van der Waals surface area contributed by atoms with Crippen LogP contribution in [0.3, 0.4) is 0 Å². The largest absolute Gasteiger partial charge is 0.435 e. The van der Waals surface area contributed by atoms with Crippen molar-refractivity contribution in [1.29, 1.82) is 0 Å². The normalized spacial score (nSPS) is 13.8. The number of hydrogen-bond donors (Lipinski definition) is 2. The van der Waals surface area contributed by atoms with Crippen LogP contribution in [0, 0.1) is 5.92 Å². The van der Waals surface area contributed by atoms with Crippen LogP contribution in [-0.4, -0.2) is 22.8 Å². The standard InChI is InChI=1S/C10H15F3N4/c1-6(2)7(14)5-15-9-4-3-8(16-17-9)10(11,12)13/h3-4,6-7H,5,14H2,1-2H3,(H,15,17). The number of anilines is 1. The lowest BCUT2D eigenvalue weighted by Crippen LogP contribution is -2.34. The zero-order chi connectivity index (χ0) is 13.1. The van der Waals surface area contributed by atoms with Gasteiger partial charge in [-0.15, -0.1) is 10.2 Å². The summed E-state index contributed by atoms with van der Waals surface area (Å²) >= 11 is 0. The number of rotatable bonds is 4. The summed E-state index contributed by atoms with van der Waals surface area (Å²) in [5.74, 6) is 0.569. The molecule has 0 aliphatic rings. The van der Waals surface area contributed by atoms with Gasteiger partial charge >= 0.3 is 6.18 Å². The molecule has 3 N–H and O–H groups in total. The van der Waals surface area contributed by atoms with Crippen LogP contribution in [0.2, 0.25) is 0 Å². The van der Waals surface area contributed by atoms with E-state index in [-0.39, 0.29) is 17.8 Å². The van der Waals surface area contributed by atoms with E-state index < -0.39 is 11.9 Å². The average Bonchev–Trinajstić information content (AvgIpc) is 2.25. The molecule has 4 nitrogen and oxygen atoms in total. The minimum absolute atomic E-state index is 0.0842. The highest BCUT2D eigenvalue weighted by Gasteiger charge is 2.32. The van der Waals surface area contributed by atoms with Gasteiger partial charge in [-0.3, -0.25) is 0 Å². The third kappa shape index (κ3) is 4.18. The molecule has 0 radical (unpaired) electrons. The monoisotopic (exact) mass is 248 g/mol. The molecule has 0 aliphatic heterocycles. The van der Waals surface area contributed by atoms with Crippen LogP contribution in [0.4, 0.5) is 19.0 Å². The van der Waals surface area contributed by atoms with E-state index in [1.54, 1.807) is 0 Å². The van der Waals surface area contributed by atoms with Crippen LogP contribution in [-0.2, 0) is 6.18 Å². The highest BCUT2D eigenvalue weighted by molar-refractivity contribution is 5.33. The van der Waals surface area contributed by atoms with Crippen molar-refractivity contribution in [3.8, 4) is 0 Å². The SMILES string of the molecule is CC(C)C(N)CNc1ccc(C(F)(F)F)nn1. The van der Waals surface area contributed by atoms with Crippen molar-refractivity contribution in [2.45, 2.75) is 26.1 Å². The Balaban J connectivity index is 2.57. The molecule has 0 spiro atoms. The molecule has 0 saturated carbocycles. The van der Waals surface area contributed by atoms with Crippen molar-refractivity contribution < 1.29 is 13.2 Å². The minimum atomic E-state index is -4.46. The van der Waals surface area contributed by atoms with Crippen molar-refractivity contribution in [3.63, 3.8) is 0 Å². The number of nitrogens with two attached hydrogens (primary N) is 1. The highest BCUT2D eigenvalue weighted by Crippen LogP contribution is 2.26. The first-order chi connectivity index (χ1) is 7.80. The van der Waals surface area contributed by atoms with Crippen LogP contribution in [0.25, 0.3) is 0 Å². The molecule has 1 aromatic rings. The Morgan fingerprint density at radius 2 is 1.94 bits per heavy atom. The maximum absolute atomic E-state index is 12.2. The maximum atomic E-state index is 12.2. The Morgan fingerprint density at radius 3 is 2.35 bits per heavy atom. The summed E-state index contributed by atoms with van der Waals surface area (Å²) in [5.41, 5.74) is 4.77. The number of nitrogens with zero attached hydrogens (tertiary/aromatic N) is 2. The van der Waals surface area contributed by atoms with Gasteiger partial charge in [-0.1, -0.05) is 13.8 Å².